The van der Waals surface area contributed by atoms with Crippen LogP contribution < -0.4 is 7.02 Å². The van der Waals surface area contributed by atoms with E-state index in [1.54, 1.807) is 0 Å². The number of benzene rings is 4. The van der Waals surface area contributed by atoms with Gasteiger partial charge < -0.3 is 0 Å². The second-order valence-electron chi connectivity index (χ2n) is 12.5. The van der Waals surface area contributed by atoms with E-state index in [2.05, 4.69) is 12.6 Å². The van der Waals surface area contributed by atoms with Crippen LogP contribution in [0, 0.1) is 0 Å². The van der Waals surface area contributed by atoms with E-state index >= 15 is 39.5 Å². The molecular weight excluding hydrogens is 813 g/mol. The molecule has 1 N–H and O–H groups in total. The zero-order valence-corrected chi connectivity index (χ0v) is 29.2. The zero-order chi connectivity index (χ0) is 34.9. The molecule has 1 aliphatic rings. The average Bonchev–Trinajstić information content (AvgIpc) is 3.26. The van der Waals surface area contributed by atoms with Gasteiger partial charge in [0.25, 0.3) is 0 Å². The van der Waals surface area contributed by atoms with Gasteiger partial charge in [0.15, 0.2) is 0 Å². The van der Waals surface area contributed by atoms with Gasteiger partial charge in [-0.25, -0.2) is 0 Å². The molecule has 47 heavy (non-hydrogen) atoms. The van der Waals surface area contributed by atoms with Gasteiger partial charge in [0, 0.05) is 0 Å². The Morgan fingerprint density at radius 2 is 1.11 bits per heavy atom. The van der Waals surface area contributed by atoms with Gasteiger partial charge in [-0.2, -0.15) is 0 Å². The van der Waals surface area contributed by atoms with Gasteiger partial charge in [0.1, 0.15) is 0 Å². The summed E-state index contributed by atoms with van der Waals surface area (Å²) in [5.74, 6) is 0. The summed E-state index contributed by atoms with van der Waals surface area (Å²) in [4.78, 5) is 0. The Hall–Kier alpha value is -2.53. The summed E-state index contributed by atoms with van der Waals surface area (Å²) in [5, 5.41) is 12.3. The van der Waals surface area contributed by atoms with Crippen molar-refractivity contribution in [2.45, 2.75) is 59.8 Å². The van der Waals surface area contributed by atoms with E-state index in [9.17, 15) is 5.11 Å². The van der Waals surface area contributed by atoms with Crippen molar-refractivity contribution in [3.63, 3.8) is 0 Å². The molecule has 0 saturated heterocycles. The summed E-state index contributed by atoms with van der Waals surface area (Å²) >= 11 is -4.25. The number of hydrogen-bond acceptors (Lipinski definition) is 2. The van der Waals surface area contributed by atoms with Crippen molar-refractivity contribution in [1.29, 1.82) is 0 Å². The second kappa shape index (κ2) is 11.3. The van der Waals surface area contributed by atoms with Crippen molar-refractivity contribution >= 4 is 35.2 Å². The van der Waals surface area contributed by atoms with E-state index in [0.717, 1.165) is 42.5 Å². The topological polar surface area (TPSA) is 29.5 Å². The molecule has 1 heterocycles. The molecule has 0 saturated carbocycles. The van der Waals surface area contributed by atoms with E-state index < -0.39 is 69.2 Å². The summed E-state index contributed by atoms with van der Waals surface area (Å²) in [6, 6.07) is 20.8. The third kappa shape index (κ3) is 5.15. The Kier molecular flexibility index (Phi) is 8.56. The first-order valence-corrected chi connectivity index (χ1v) is 25.0. The fourth-order valence-electron chi connectivity index (χ4n) is 6.49. The number of rotatable bonds is 5. The Labute approximate surface area is 272 Å². The van der Waals surface area contributed by atoms with E-state index in [0.29, 0.717) is 11.6 Å². The number of alkyl halides is 9. The second-order valence-corrected chi connectivity index (χ2v) is 32.5. The van der Waals surface area contributed by atoms with Crippen molar-refractivity contribution in [3.05, 3.63) is 131 Å². The Balaban J connectivity index is 2.09. The van der Waals surface area contributed by atoms with Crippen molar-refractivity contribution in [2.75, 3.05) is 0 Å². The fraction of sp³-hybridized carbons (Fsp3) is 0.294. The Morgan fingerprint density at radius 1 is 0.638 bits per heavy atom. The zero-order valence-electron chi connectivity index (χ0n) is 25.1. The van der Waals surface area contributed by atoms with Crippen LogP contribution in [0.1, 0.15) is 46.9 Å². The number of halogens is 10. The first-order chi connectivity index (χ1) is 21.5. The summed E-state index contributed by atoms with van der Waals surface area (Å²) in [6.45, 7) is 5.44. The molecule has 0 spiro atoms. The molecule has 0 amide bonds. The minimum absolute atomic E-state index is 0.346. The molecular formula is C34H29BrF9O2Sb. The Bertz CT molecular complexity index is 1740. The molecule has 0 aliphatic carbocycles. The summed E-state index contributed by atoms with van der Waals surface area (Å²) in [5.41, 5.74) is -11.7. The van der Waals surface area contributed by atoms with Crippen molar-refractivity contribution < 1.29 is 47.6 Å². The first kappa shape index (κ1) is 35.8. The van der Waals surface area contributed by atoms with Crippen LogP contribution in [0.2, 0.25) is 0 Å². The molecule has 252 valence electrons. The molecule has 4 aromatic carbocycles. The normalized spacial score (nSPS) is 20.3. The molecule has 13 heteroatoms. The number of hydrogen-bond donors (Lipinski definition) is 1. The van der Waals surface area contributed by atoms with Crippen LogP contribution in [0.25, 0.3) is 0 Å². The molecule has 0 radical (unpaired) electrons. The van der Waals surface area contributed by atoms with Gasteiger partial charge in [-0.05, 0) is 0 Å². The molecule has 0 aromatic heterocycles. The molecule has 4 aromatic rings. The minimum atomic E-state index is -7.60. The van der Waals surface area contributed by atoms with Crippen LogP contribution in [0.5, 0.6) is 0 Å². The third-order valence-corrected chi connectivity index (χ3v) is 31.3. The monoisotopic (exact) mass is 840 g/mol. The summed E-state index contributed by atoms with van der Waals surface area (Å²) in [6.07, 6.45) is -18.1. The van der Waals surface area contributed by atoms with Crippen molar-refractivity contribution in [3.8, 4) is 0 Å². The van der Waals surface area contributed by atoms with Crippen LogP contribution >= 0.6 is 12.6 Å². The SMILES string of the molecule is CC(C)(C)c1cc[c]([Sb]2([Br])([C@@H](c3ccccc3)[C@@](O)(c3ccccc3)C(F)(F)F)[O]C(C(F)(F)F)(C(F)(F)F)c3cccc[c]32)cc1. The van der Waals surface area contributed by atoms with Gasteiger partial charge in [-0.1, -0.05) is 0 Å². The maximum absolute atomic E-state index is 15.8. The van der Waals surface area contributed by atoms with Crippen molar-refractivity contribution in [2.24, 2.45) is 0 Å². The fourth-order valence-corrected chi connectivity index (χ4v) is 30.7. The van der Waals surface area contributed by atoms with Gasteiger partial charge in [-0.15, -0.1) is 0 Å². The average molecular weight is 842 g/mol. The summed E-state index contributed by atoms with van der Waals surface area (Å²) in [7, 11) is 0. The predicted molar refractivity (Wildman–Crippen MR) is 166 cm³/mol. The van der Waals surface area contributed by atoms with Gasteiger partial charge in [0.2, 0.25) is 0 Å². The van der Waals surface area contributed by atoms with Crippen molar-refractivity contribution in [1.82, 2.24) is 0 Å². The molecule has 0 bridgehead atoms. The molecule has 5 rings (SSSR count). The van der Waals surface area contributed by atoms with Gasteiger partial charge >= 0.3 is 274 Å². The molecule has 0 unspecified atom stereocenters. The van der Waals surface area contributed by atoms with Crippen LogP contribution in [-0.4, -0.2) is 39.2 Å². The number of aliphatic hydroxyl groups is 1. The quantitative estimate of drug-likeness (QED) is 0.161. The molecule has 2 atom stereocenters. The number of fused-ring (bicyclic) bond motifs is 1. The van der Waals surface area contributed by atoms with E-state index in [1.165, 1.54) is 60.7 Å². The summed E-state index contributed by atoms with van der Waals surface area (Å²) < 4.78 is 141. The van der Waals surface area contributed by atoms with E-state index in [-0.39, 0.29) is 9.07 Å². The van der Waals surface area contributed by atoms with Crippen LogP contribution in [0.15, 0.2) is 109 Å². The van der Waals surface area contributed by atoms with E-state index in [1.807, 2.05) is 20.8 Å². The standard InChI is InChI=1S/C15H12F3O.C10H13.C9H4F6O.BrH.Sb/c16-15(17,18)14(19,13-9-5-2-6-10-13)11-12-7-3-1-4-8-12;1-10(2,3)9-7-5-4-6-8-9;10-8(11,12)7(16,9(13,14)15)6-4-2-1-3-5-6;;/h1-11,19H;5-8H,1-3H3;1-4H;1H;/q;;-1;;+2/p-1/t14-;;;;/m1..../s1. The van der Waals surface area contributed by atoms with Crippen LogP contribution in [-0.2, 0) is 19.6 Å². The van der Waals surface area contributed by atoms with Gasteiger partial charge in [-0.3, -0.25) is 0 Å². The predicted octanol–water partition coefficient (Wildman–Crippen LogP) is 9.01. The maximum atomic E-state index is 15.8. The van der Waals surface area contributed by atoms with Crippen LogP contribution in [0.4, 0.5) is 39.5 Å². The Morgan fingerprint density at radius 3 is 1.57 bits per heavy atom. The molecule has 1 aliphatic heterocycles. The molecule has 0 fully saturated rings. The third-order valence-electron chi connectivity index (χ3n) is 8.68. The first-order valence-electron chi connectivity index (χ1n) is 14.2. The van der Waals surface area contributed by atoms with E-state index in [4.69, 9.17) is 3.02 Å². The van der Waals surface area contributed by atoms with Gasteiger partial charge in [0.05, 0.1) is 0 Å². The van der Waals surface area contributed by atoms with Crippen LogP contribution in [0.3, 0.4) is 0 Å². The molecule has 2 nitrogen and oxygen atoms in total.